The number of pyridine rings is 1. The van der Waals surface area contributed by atoms with Gasteiger partial charge in [-0.15, -0.1) is 0 Å². The van der Waals surface area contributed by atoms with Gasteiger partial charge in [0.2, 0.25) is 0 Å². The lowest BCUT2D eigenvalue weighted by Crippen LogP contribution is -2.54. The maximum absolute atomic E-state index is 12.9. The van der Waals surface area contributed by atoms with Gasteiger partial charge in [0.15, 0.2) is 0 Å². The Kier molecular flexibility index (Phi) is 15.6. The van der Waals surface area contributed by atoms with Gasteiger partial charge in [-0.3, -0.25) is 34.1 Å². The third-order valence-electron chi connectivity index (χ3n) is 9.28. The summed E-state index contributed by atoms with van der Waals surface area (Å²) in [5.74, 6) is -3.27. The summed E-state index contributed by atoms with van der Waals surface area (Å²) in [6, 6.07) is 30.5. The van der Waals surface area contributed by atoms with Gasteiger partial charge in [0, 0.05) is 39.3 Å². The second kappa shape index (κ2) is 21.0. The fourth-order valence-corrected chi connectivity index (χ4v) is 6.34. The number of rotatable bonds is 18. The zero-order valence-electron chi connectivity index (χ0n) is 30.2. The first kappa shape index (κ1) is 40.2. The molecular weight excluding hydrogens is 692 g/mol. The maximum Gasteiger partial charge on any atom is 0.323 e. The van der Waals surface area contributed by atoms with E-state index < -0.39 is 36.0 Å². The van der Waals surface area contributed by atoms with Crippen LogP contribution in [0.3, 0.4) is 0 Å². The second-order valence-electron chi connectivity index (χ2n) is 13.2. The molecule has 5 rings (SSSR count). The van der Waals surface area contributed by atoms with Crippen molar-refractivity contribution in [2.24, 2.45) is 0 Å². The van der Waals surface area contributed by atoms with E-state index in [2.05, 4.69) is 0 Å². The van der Waals surface area contributed by atoms with Gasteiger partial charge in [-0.05, 0) is 28.8 Å². The number of benzene rings is 3. The van der Waals surface area contributed by atoms with Crippen LogP contribution in [0.15, 0.2) is 109 Å². The Morgan fingerprint density at radius 2 is 0.796 bits per heavy atom. The van der Waals surface area contributed by atoms with E-state index >= 15 is 0 Å². The van der Waals surface area contributed by atoms with Gasteiger partial charge < -0.3 is 29.5 Å². The molecule has 286 valence electrons. The van der Waals surface area contributed by atoms with E-state index in [-0.39, 0.29) is 78.9 Å². The average Bonchev–Trinajstić information content (AvgIpc) is 3.17. The predicted molar refractivity (Wildman–Crippen MR) is 199 cm³/mol. The number of fused-ring (bicyclic) bond motifs is 2. The van der Waals surface area contributed by atoms with Gasteiger partial charge in [-0.2, -0.15) is 0 Å². The normalized spacial score (nSPS) is 16.4. The molecule has 0 aliphatic carbocycles. The molecule has 0 spiro atoms. The molecule has 54 heavy (non-hydrogen) atoms. The summed E-state index contributed by atoms with van der Waals surface area (Å²) in [5, 5.41) is 31.3. The molecule has 2 heterocycles. The van der Waals surface area contributed by atoms with Crippen molar-refractivity contribution >= 4 is 17.9 Å². The van der Waals surface area contributed by atoms with Crippen molar-refractivity contribution in [3.05, 3.63) is 137 Å². The molecule has 3 atom stereocenters. The van der Waals surface area contributed by atoms with Crippen LogP contribution in [0.4, 0.5) is 0 Å². The Hall–Kier alpha value is -5.02. The third kappa shape index (κ3) is 12.5. The number of ether oxygens (including phenoxy) is 3. The van der Waals surface area contributed by atoms with Crippen LogP contribution in [0, 0.1) is 0 Å². The molecule has 1 aliphatic heterocycles. The van der Waals surface area contributed by atoms with Gasteiger partial charge in [0.1, 0.15) is 18.1 Å². The van der Waals surface area contributed by atoms with Crippen LogP contribution in [0.5, 0.6) is 0 Å². The number of carboxylic acids is 3. The first-order valence-electron chi connectivity index (χ1n) is 18.0. The SMILES string of the molecule is O=C(O)C(COCc1ccccc1)N1CCN(C(COCc2ccccc2)C(=O)O)Cc2cccc(n2)CN(C(COCc2ccccc2)C(=O)O)CC1. The van der Waals surface area contributed by atoms with Crippen LogP contribution in [-0.4, -0.2) is 117 Å². The van der Waals surface area contributed by atoms with E-state index in [0.29, 0.717) is 11.4 Å². The van der Waals surface area contributed by atoms with Crippen molar-refractivity contribution in [1.29, 1.82) is 0 Å². The Bertz CT molecular complexity index is 1660. The van der Waals surface area contributed by atoms with Crippen LogP contribution in [0.25, 0.3) is 0 Å². The number of hydrogen-bond donors (Lipinski definition) is 3. The molecule has 1 aromatic heterocycles. The maximum atomic E-state index is 12.9. The largest absolute Gasteiger partial charge is 0.480 e. The summed E-state index contributed by atoms with van der Waals surface area (Å²) in [7, 11) is 0. The lowest BCUT2D eigenvalue weighted by molar-refractivity contribution is -0.150. The lowest BCUT2D eigenvalue weighted by Gasteiger charge is -2.36. The summed E-state index contributed by atoms with van der Waals surface area (Å²) in [6.45, 7) is 1.18. The number of nitrogens with zero attached hydrogens (tertiary/aromatic N) is 4. The molecule has 0 saturated carbocycles. The molecule has 0 fully saturated rings. The predicted octanol–water partition coefficient (Wildman–Crippen LogP) is 4.01. The highest BCUT2D eigenvalue weighted by Gasteiger charge is 2.33. The van der Waals surface area contributed by atoms with Crippen LogP contribution >= 0.6 is 0 Å². The van der Waals surface area contributed by atoms with Crippen LogP contribution in [-0.2, 0) is 61.5 Å². The molecule has 0 saturated heterocycles. The van der Waals surface area contributed by atoms with Gasteiger partial charge in [0.25, 0.3) is 0 Å². The van der Waals surface area contributed by atoms with E-state index in [9.17, 15) is 29.7 Å². The number of aromatic nitrogens is 1. The quantitative estimate of drug-likeness (QED) is 0.134. The first-order chi connectivity index (χ1) is 26.3. The van der Waals surface area contributed by atoms with E-state index in [0.717, 1.165) is 16.7 Å². The summed E-state index contributed by atoms with van der Waals surface area (Å²) in [5.41, 5.74) is 3.88. The zero-order chi connectivity index (χ0) is 38.1. The van der Waals surface area contributed by atoms with Crippen molar-refractivity contribution in [3.8, 4) is 0 Å². The number of hydrogen-bond acceptors (Lipinski definition) is 10. The standard InChI is InChI=1S/C41H48N4O9/c46-39(47)36(28-52-25-31-11-4-1-5-12-31)43-19-21-44(37(40(48)49)29-53-26-32-13-6-2-7-14-32)23-34-17-10-18-35(42-34)24-45(22-20-43)38(41(50)51)30-54-27-33-15-8-3-9-16-33/h1-18,36-38H,19-30H2,(H,46,47)(H,48,49)(H,50,51). The van der Waals surface area contributed by atoms with Crippen LogP contribution in [0.2, 0.25) is 0 Å². The summed E-state index contributed by atoms with van der Waals surface area (Å²) < 4.78 is 17.8. The molecule has 0 radical (unpaired) electrons. The highest BCUT2D eigenvalue weighted by Crippen LogP contribution is 2.17. The monoisotopic (exact) mass is 740 g/mol. The number of aliphatic carboxylic acids is 3. The van der Waals surface area contributed by atoms with Crippen LogP contribution in [0.1, 0.15) is 28.1 Å². The van der Waals surface area contributed by atoms with Crippen molar-refractivity contribution in [2.45, 2.75) is 51.0 Å². The molecule has 13 heteroatoms. The highest BCUT2D eigenvalue weighted by atomic mass is 16.5. The molecule has 2 bridgehead atoms. The Morgan fingerprint density at radius 3 is 1.13 bits per heavy atom. The third-order valence-corrected chi connectivity index (χ3v) is 9.28. The molecule has 13 nitrogen and oxygen atoms in total. The summed E-state index contributed by atoms with van der Waals surface area (Å²) in [6.07, 6.45) is 0. The molecule has 3 unspecified atom stereocenters. The smallest absolute Gasteiger partial charge is 0.323 e. The molecule has 1 aliphatic rings. The fourth-order valence-electron chi connectivity index (χ4n) is 6.34. The Morgan fingerprint density at radius 1 is 0.481 bits per heavy atom. The zero-order valence-corrected chi connectivity index (χ0v) is 30.2. The van der Waals surface area contributed by atoms with Crippen molar-refractivity contribution in [2.75, 3.05) is 46.0 Å². The molecule has 3 N–H and O–H groups in total. The first-order valence-corrected chi connectivity index (χ1v) is 18.0. The van der Waals surface area contributed by atoms with Crippen molar-refractivity contribution in [1.82, 2.24) is 19.7 Å². The summed E-state index contributed by atoms with van der Waals surface area (Å²) >= 11 is 0. The Labute approximate surface area is 315 Å². The Balaban J connectivity index is 1.41. The average molecular weight is 741 g/mol. The lowest BCUT2D eigenvalue weighted by atomic mass is 10.1. The minimum absolute atomic E-state index is 0.108. The van der Waals surface area contributed by atoms with Gasteiger partial charge in [0.05, 0.1) is 51.0 Å². The fraction of sp³-hybridized carbons (Fsp3) is 0.366. The minimum atomic E-state index is -1.11. The molecule has 3 aromatic carbocycles. The highest BCUT2D eigenvalue weighted by molar-refractivity contribution is 5.74. The summed E-state index contributed by atoms with van der Waals surface area (Å²) in [4.78, 5) is 48.4. The van der Waals surface area contributed by atoms with E-state index in [1.807, 2.05) is 97.1 Å². The van der Waals surface area contributed by atoms with E-state index in [4.69, 9.17) is 19.2 Å². The molecule has 4 aromatic rings. The second-order valence-corrected chi connectivity index (χ2v) is 13.2. The van der Waals surface area contributed by atoms with Crippen LogP contribution < -0.4 is 0 Å². The minimum Gasteiger partial charge on any atom is -0.480 e. The van der Waals surface area contributed by atoms with Gasteiger partial charge >= 0.3 is 17.9 Å². The van der Waals surface area contributed by atoms with Gasteiger partial charge in [-0.25, -0.2) is 0 Å². The number of carbonyl (C=O) groups is 3. The van der Waals surface area contributed by atoms with Gasteiger partial charge in [-0.1, -0.05) is 97.1 Å². The van der Waals surface area contributed by atoms with Crippen molar-refractivity contribution in [3.63, 3.8) is 0 Å². The molecule has 0 amide bonds. The molecular formula is C41H48N4O9. The van der Waals surface area contributed by atoms with Crippen molar-refractivity contribution < 1.29 is 43.9 Å². The van der Waals surface area contributed by atoms with E-state index in [1.165, 1.54) is 0 Å². The van der Waals surface area contributed by atoms with E-state index in [1.54, 1.807) is 26.8 Å². The number of carboxylic acid groups (broad SMARTS) is 3. The topological polar surface area (TPSA) is 162 Å².